The highest BCUT2D eigenvalue weighted by molar-refractivity contribution is 7.99. The number of aliphatic hydroxyl groups is 1. The van der Waals surface area contributed by atoms with Crippen LogP contribution >= 0.6 is 11.8 Å². The van der Waals surface area contributed by atoms with Crippen molar-refractivity contribution in [2.45, 2.75) is 74.7 Å². The van der Waals surface area contributed by atoms with Gasteiger partial charge in [0.05, 0.1) is 12.0 Å². The molecular weight excluding hydrogens is 258 g/mol. The third-order valence-corrected chi connectivity index (χ3v) is 6.03. The molecule has 19 heavy (non-hydrogen) atoms. The molecule has 1 N–H and O–H groups in total. The molecule has 2 aliphatic rings. The van der Waals surface area contributed by atoms with Crippen LogP contribution in [0.2, 0.25) is 0 Å². The van der Waals surface area contributed by atoms with E-state index in [4.69, 9.17) is 0 Å². The average Bonchev–Trinajstić information content (AvgIpc) is 2.86. The van der Waals surface area contributed by atoms with Crippen molar-refractivity contribution >= 4 is 17.7 Å². The Morgan fingerprint density at radius 1 is 1.26 bits per heavy atom. The third-order valence-electron chi connectivity index (χ3n) is 4.88. The Balaban J connectivity index is 1.91. The average molecular weight is 285 g/mol. The number of amides is 1. The van der Waals surface area contributed by atoms with Gasteiger partial charge in [-0.25, -0.2) is 0 Å². The van der Waals surface area contributed by atoms with Crippen molar-refractivity contribution in [2.75, 3.05) is 13.3 Å². The van der Waals surface area contributed by atoms with Crippen LogP contribution in [-0.2, 0) is 4.79 Å². The standard InChI is InChI=1S/C15H27NO2S/c1-16(12-7-6-8-13(12)19-2)14(17)11-15(18)9-4-3-5-10-15/h12-13,18H,3-11H2,1-2H3. The summed E-state index contributed by atoms with van der Waals surface area (Å²) >= 11 is 1.88. The van der Waals surface area contributed by atoms with Crippen molar-refractivity contribution < 1.29 is 9.90 Å². The summed E-state index contributed by atoms with van der Waals surface area (Å²) in [7, 11) is 1.92. The van der Waals surface area contributed by atoms with Crippen molar-refractivity contribution in [3.63, 3.8) is 0 Å². The maximum atomic E-state index is 12.4. The van der Waals surface area contributed by atoms with Crippen molar-refractivity contribution in [3.05, 3.63) is 0 Å². The maximum absolute atomic E-state index is 12.4. The van der Waals surface area contributed by atoms with E-state index < -0.39 is 5.60 Å². The summed E-state index contributed by atoms with van der Waals surface area (Å²) in [6.07, 6.45) is 10.9. The lowest BCUT2D eigenvalue weighted by Crippen LogP contribution is -2.45. The first-order valence-corrected chi connectivity index (χ1v) is 8.85. The fraction of sp³-hybridized carbons (Fsp3) is 0.933. The molecule has 110 valence electrons. The molecule has 2 unspecified atom stereocenters. The van der Waals surface area contributed by atoms with E-state index >= 15 is 0 Å². The number of hydrogen-bond acceptors (Lipinski definition) is 3. The van der Waals surface area contributed by atoms with Crippen LogP contribution in [0.4, 0.5) is 0 Å². The van der Waals surface area contributed by atoms with Gasteiger partial charge in [-0.05, 0) is 31.9 Å². The summed E-state index contributed by atoms with van der Waals surface area (Å²) in [5.41, 5.74) is -0.725. The molecule has 0 aliphatic heterocycles. The zero-order valence-corrected chi connectivity index (χ0v) is 13.0. The van der Waals surface area contributed by atoms with E-state index in [1.54, 1.807) is 0 Å². The van der Waals surface area contributed by atoms with Gasteiger partial charge in [-0.3, -0.25) is 4.79 Å². The van der Waals surface area contributed by atoms with Gasteiger partial charge >= 0.3 is 0 Å². The van der Waals surface area contributed by atoms with Gasteiger partial charge in [0.2, 0.25) is 5.91 Å². The number of carbonyl (C=O) groups excluding carboxylic acids is 1. The lowest BCUT2D eigenvalue weighted by molar-refractivity contribution is -0.138. The monoisotopic (exact) mass is 285 g/mol. The number of thioether (sulfide) groups is 1. The summed E-state index contributed by atoms with van der Waals surface area (Å²) in [4.78, 5) is 14.3. The van der Waals surface area contributed by atoms with Crippen LogP contribution in [-0.4, -0.2) is 46.1 Å². The Bertz CT molecular complexity index is 315. The molecule has 0 heterocycles. The predicted octanol–water partition coefficient (Wildman–Crippen LogP) is 2.81. The second-order valence-corrected chi connectivity index (χ2v) is 7.32. The first-order chi connectivity index (χ1) is 9.06. The lowest BCUT2D eigenvalue weighted by atomic mass is 9.82. The van der Waals surface area contributed by atoms with Gasteiger partial charge in [-0.1, -0.05) is 25.7 Å². The molecule has 0 aromatic heterocycles. The summed E-state index contributed by atoms with van der Waals surface area (Å²) in [6.45, 7) is 0. The van der Waals surface area contributed by atoms with Crippen molar-refractivity contribution in [3.8, 4) is 0 Å². The van der Waals surface area contributed by atoms with Gasteiger partial charge in [0.1, 0.15) is 0 Å². The summed E-state index contributed by atoms with van der Waals surface area (Å²) in [6, 6.07) is 0.370. The van der Waals surface area contributed by atoms with E-state index in [9.17, 15) is 9.90 Å². The molecule has 2 atom stereocenters. The largest absolute Gasteiger partial charge is 0.389 e. The summed E-state index contributed by atoms with van der Waals surface area (Å²) in [5, 5.41) is 11.1. The van der Waals surface area contributed by atoms with Crippen LogP contribution in [0.15, 0.2) is 0 Å². The molecule has 0 bridgehead atoms. The molecule has 2 aliphatic carbocycles. The fourth-order valence-electron chi connectivity index (χ4n) is 3.60. The van der Waals surface area contributed by atoms with Crippen LogP contribution in [0.3, 0.4) is 0 Å². The van der Waals surface area contributed by atoms with E-state index in [0.29, 0.717) is 17.7 Å². The van der Waals surface area contributed by atoms with Crippen LogP contribution < -0.4 is 0 Å². The molecule has 1 amide bonds. The Morgan fingerprint density at radius 2 is 1.95 bits per heavy atom. The minimum Gasteiger partial charge on any atom is -0.389 e. The maximum Gasteiger partial charge on any atom is 0.225 e. The van der Waals surface area contributed by atoms with E-state index in [1.807, 2.05) is 23.7 Å². The quantitative estimate of drug-likeness (QED) is 0.863. The second kappa shape index (κ2) is 6.49. The van der Waals surface area contributed by atoms with Crippen molar-refractivity contribution in [2.24, 2.45) is 0 Å². The van der Waals surface area contributed by atoms with Gasteiger partial charge in [-0.2, -0.15) is 11.8 Å². The minimum absolute atomic E-state index is 0.135. The van der Waals surface area contributed by atoms with Crippen LogP contribution in [0.25, 0.3) is 0 Å². The Labute approximate surface area is 121 Å². The van der Waals surface area contributed by atoms with Gasteiger partial charge in [0, 0.05) is 18.3 Å². The van der Waals surface area contributed by atoms with E-state index in [2.05, 4.69) is 6.26 Å². The Hall–Kier alpha value is -0.220. The molecule has 3 nitrogen and oxygen atoms in total. The van der Waals surface area contributed by atoms with E-state index in [1.165, 1.54) is 19.3 Å². The number of hydrogen-bond donors (Lipinski definition) is 1. The smallest absolute Gasteiger partial charge is 0.225 e. The van der Waals surface area contributed by atoms with Crippen LogP contribution in [0, 0.1) is 0 Å². The lowest BCUT2D eigenvalue weighted by Gasteiger charge is -2.35. The molecule has 0 saturated heterocycles. The van der Waals surface area contributed by atoms with Crippen molar-refractivity contribution in [1.29, 1.82) is 0 Å². The molecule has 2 fully saturated rings. The van der Waals surface area contributed by atoms with Crippen LogP contribution in [0.1, 0.15) is 57.8 Å². The highest BCUT2D eigenvalue weighted by Crippen LogP contribution is 2.34. The number of nitrogens with zero attached hydrogens (tertiary/aromatic N) is 1. The zero-order chi connectivity index (χ0) is 13.9. The molecule has 0 aromatic rings. The molecule has 4 heteroatoms. The van der Waals surface area contributed by atoms with Gasteiger partial charge < -0.3 is 10.0 Å². The Kier molecular flexibility index (Phi) is 5.18. The zero-order valence-electron chi connectivity index (χ0n) is 12.2. The van der Waals surface area contributed by atoms with Gasteiger partial charge in [-0.15, -0.1) is 0 Å². The highest BCUT2D eigenvalue weighted by atomic mass is 32.2. The molecule has 2 rings (SSSR count). The number of carbonyl (C=O) groups is 1. The number of rotatable bonds is 4. The first-order valence-electron chi connectivity index (χ1n) is 7.56. The predicted molar refractivity (Wildman–Crippen MR) is 80.4 cm³/mol. The summed E-state index contributed by atoms with van der Waals surface area (Å²) in [5.74, 6) is 0.135. The van der Waals surface area contributed by atoms with E-state index in [0.717, 1.165) is 32.1 Å². The van der Waals surface area contributed by atoms with E-state index in [-0.39, 0.29) is 5.91 Å². The molecule has 0 spiro atoms. The SMILES string of the molecule is CSC1CCCC1N(C)C(=O)CC1(O)CCCCC1. The highest BCUT2D eigenvalue weighted by Gasteiger charge is 2.37. The van der Waals surface area contributed by atoms with Crippen molar-refractivity contribution in [1.82, 2.24) is 4.90 Å². The molecule has 2 saturated carbocycles. The Morgan fingerprint density at radius 3 is 2.58 bits per heavy atom. The molecule has 0 aromatic carbocycles. The first kappa shape index (κ1) is 15.2. The normalized spacial score (nSPS) is 30.3. The fourth-order valence-corrected chi connectivity index (χ4v) is 4.64. The van der Waals surface area contributed by atoms with Gasteiger partial charge in [0.15, 0.2) is 0 Å². The third kappa shape index (κ3) is 3.66. The molecule has 0 radical (unpaired) electrons. The molecular formula is C15H27NO2S. The van der Waals surface area contributed by atoms with Gasteiger partial charge in [0.25, 0.3) is 0 Å². The topological polar surface area (TPSA) is 40.5 Å². The minimum atomic E-state index is -0.725. The van der Waals surface area contributed by atoms with Crippen LogP contribution in [0.5, 0.6) is 0 Å². The summed E-state index contributed by atoms with van der Waals surface area (Å²) < 4.78 is 0. The second-order valence-electron chi connectivity index (χ2n) is 6.24.